The molecule has 0 amide bonds. The number of carbonyl (C=O) groups excluding carboxylic acids is 1. The summed E-state index contributed by atoms with van der Waals surface area (Å²) in [6.07, 6.45) is 2.48. The van der Waals surface area contributed by atoms with Gasteiger partial charge in [0.25, 0.3) is 0 Å². The van der Waals surface area contributed by atoms with Crippen LogP contribution in [-0.2, 0) is 19.6 Å². The second-order valence-electron chi connectivity index (χ2n) is 8.13. The van der Waals surface area contributed by atoms with Crippen LogP contribution in [0, 0.1) is 5.92 Å². The number of rotatable bonds is 9. The zero-order valence-corrected chi connectivity index (χ0v) is 22.4. The van der Waals surface area contributed by atoms with Gasteiger partial charge in [-0.25, -0.2) is 0 Å². The number of esters is 1. The Morgan fingerprint density at radius 2 is 1.29 bits per heavy atom. The number of hydrogen-bond acceptors (Lipinski definition) is 4. The van der Waals surface area contributed by atoms with Crippen molar-refractivity contribution in [2.45, 2.75) is 37.9 Å². The van der Waals surface area contributed by atoms with Crippen LogP contribution in [0.15, 0.2) is 106 Å². The van der Waals surface area contributed by atoms with Gasteiger partial charge >= 0.3 is 213 Å². The predicted molar refractivity (Wildman–Crippen MR) is 130 cm³/mol. The monoisotopic (exact) mass is 611 g/mol. The van der Waals surface area contributed by atoms with Gasteiger partial charge in [0.05, 0.1) is 0 Å². The SMILES string of the molecule is O=C(OCCS(=O)(=O)O)C1CCC([I-]S(c2ccccc2)(c2ccccc2)c2ccccc2)C1. The maximum atomic E-state index is 12.6. The first-order chi connectivity index (χ1) is 16.4. The molecule has 34 heavy (non-hydrogen) atoms. The van der Waals surface area contributed by atoms with Crippen molar-refractivity contribution in [2.75, 3.05) is 12.4 Å². The van der Waals surface area contributed by atoms with E-state index in [-0.39, 0.29) is 18.5 Å². The van der Waals surface area contributed by atoms with Gasteiger partial charge in [-0.1, -0.05) is 0 Å². The van der Waals surface area contributed by atoms with Crippen LogP contribution in [0.2, 0.25) is 0 Å². The van der Waals surface area contributed by atoms with E-state index in [1.807, 2.05) is 0 Å². The molecular weight excluding hydrogens is 583 g/mol. The van der Waals surface area contributed by atoms with E-state index in [1.165, 1.54) is 14.7 Å². The Morgan fingerprint density at radius 1 is 0.824 bits per heavy atom. The summed E-state index contributed by atoms with van der Waals surface area (Å²) in [6, 6.07) is 32.2. The van der Waals surface area contributed by atoms with Crippen molar-refractivity contribution in [3.8, 4) is 0 Å². The van der Waals surface area contributed by atoms with E-state index in [0.717, 1.165) is 19.3 Å². The van der Waals surface area contributed by atoms with E-state index >= 15 is 0 Å². The van der Waals surface area contributed by atoms with E-state index in [0.29, 0.717) is 3.92 Å². The summed E-state index contributed by atoms with van der Waals surface area (Å²) >= 11 is -0.413. The molecule has 0 heterocycles. The molecule has 0 spiro atoms. The molecule has 0 aromatic heterocycles. The molecule has 8 heteroatoms. The third-order valence-electron chi connectivity index (χ3n) is 5.75. The summed E-state index contributed by atoms with van der Waals surface area (Å²) in [5.41, 5.74) is 0. The third kappa shape index (κ3) is 6.02. The van der Waals surface area contributed by atoms with Gasteiger partial charge in [0, 0.05) is 0 Å². The molecule has 0 aliphatic heterocycles. The molecule has 0 radical (unpaired) electrons. The van der Waals surface area contributed by atoms with Gasteiger partial charge < -0.3 is 0 Å². The fourth-order valence-corrected chi connectivity index (χ4v) is 18.6. The van der Waals surface area contributed by atoms with Crippen molar-refractivity contribution in [3.05, 3.63) is 91.0 Å². The van der Waals surface area contributed by atoms with Gasteiger partial charge in [0.2, 0.25) is 0 Å². The second-order valence-corrected chi connectivity index (χ2v) is 19.6. The van der Waals surface area contributed by atoms with Crippen LogP contribution in [-0.4, -0.2) is 35.2 Å². The molecule has 4 rings (SSSR count). The molecule has 1 aliphatic carbocycles. The Balaban J connectivity index is 1.62. The summed E-state index contributed by atoms with van der Waals surface area (Å²) < 4.78 is 36.3. The average Bonchev–Trinajstić information content (AvgIpc) is 3.32. The first-order valence-electron chi connectivity index (χ1n) is 11.1. The molecule has 3 aromatic rings. The Labute approximate surface area is 211 Å². The first kappa shape index (κ1) is 25.2. The zero-order valence-electron chi connectivity index (χ0n) is 18.6. The zero-order chi connectivity index (χ0) is 24.0. The minimum absolute atomic E-state index is 0.217. The standard InChI is InChI=1S/C26H28IO5S2/c28-26(32-18-19-33(29,30)31)21-16-17-22(20-21)27-34(23-10-4-1-5-11-23,24-12-6-2-7-13-24)25-14-8-3-9-15-25/h1-15,21-22H,16-20H2,(H,29,30,31)/q-1. The fourth-order valence-electron chi connectivity index (χ4n) is 4.16. The van der Waals surface area contributed by atoms with Gasteiger partial charge in [-0.15, -0.1) is 0 Å². The van der Waals surface area contributed by atoms with Crippen LogP contribution < -0.4 is 19.8 Å². The van der Waals surface area contributed by atoms with Crippen LogP contribution in [0.4, 0.5) is 0 Å². The Bertz CT molecular complexity index is 1090. The number of halogens is 1. The van der Waals surface area contributed by atoms with Crippen LogP contribution in [0.3, 0.4) is 0 Å². The summed E-state index contributed by atoms with van der Waals surface area (Å²) in [4.78, 5) is 16.6. The number of carbonyl (C=O) groups is 1. The van der Waals surface area contributed by atoms with Crippen molar-refractivity contribution >= 4 is 23.3 Å². The van der Waals surface area contributed by atoms with E-state index in [4.69, 9.17) is 9.29 Å². The van der Waals surface area contributed by atoms with Crippen LogP contribution in [0.5, 0.6) is 0 Å². The number of alkyl halides is 1. The molecule has 3 aromatic carbocycles. The summed E-state index contributed by atoms with van der Waals surface area (Å²) in [6.45, 7) is -0.304. The fraction of sp³-hybridized carbons (Fsp3) is 0.269. The first-order valence-corrected chi connectivity index (χ1v) is 18.2. The van der Waals surface area contributed by atoms with Crippen molar-refractivity contribution < 1.29 is 42.3 Å². The van der Waals surface area contributed by atoms with E-state index in [9.17, 15) is 13.2 Å². The molecule has 1 saturated carbocycles. The van der Waals surface area contributed by atoms with Crippen molar-refractivity contribution in [2.24, 2.45) is 5.92 Å². The molecule has 182 valence electrons. The Morgan fingerprint density at radius 3 is 1.74 bits per heavy atom. The van der Waals surface area contributed by atoms with Crippen molar-refractivity contribution in [3.63, 3.8) is 0 Å². The molecule has 2 unspecified atom stereocenters. The number of hydrogen-bond donors (Lipinski definition) is 1. The average molecular weight is 612 g/mol. The van der Waals surface area contributed by atoms with Crippen LogP contribution >= 0.6 is 7.20 Å². The van der Waals surface area contributed by atoms with Gasteiger partial charge in [0.1, 0.15) is 0 Å². The normalized spacial score (nSPS) is 19.1. The quantitative estimate of drug-likeness (QED) is 0.174. The summed E-state index contributed by atoms with van der Waals surface area (Å²) in [5, 5.41) is 0. The van der Waals surface area contributed by atoms with E-state index in [1.54, 1.807) is 0 Å². The number of ether oxygens (including phenoxy) is 1. The topological polar surface area (TPSA) is 80.7 Å². The van der Waals surface area contributed by atoms with Crippen LogP contribution in [0.25, 0.3) is 0 Å². The van der Waals surface area contributed by atoms with Gasteiger partial charge in [-0.2, -0.15) is 0 Å². The molecule has 1 fully saturated rings. The number of benzene rings is 3. The molecule has 5 nitrogen and oxygen atoms in total. The summed E-state index contributed by atoms with van der Waals surface area (Å²) in [7, 11) is -5.59. The second kappa shape index (κ2) is 11.2. The Hall–Kier alpha value is -1.88. The minimum atomic E-state index is -4.14. The molecule has 2 atom stereocenters. The maximum absolute atomic E-state index is 12.6. The molecule has 0 saturated heterocycles. The predicted octanol–water partition coefficient (Wildman–Crippen LogP) is 2.57. The van der Waals surface area contributed by atoms with E-state index < -0.39 is 42.9 Å². The van der Waals surface area contributed by atoms with Gasteiger partial charge in [-0.3, -0.25) is 0 Å². The Kier molecular flexibility index (Phi) is 8.34. The molecule has 0 bridgehead atoms. The third-order valence-corrected chi connectivity index (χ3v) is 19.9. The van der Waals surface area contributed by atoms with Crippen molar-refractivity contribution in [1.29, 1.82) is 0 Å². The molecule has 1 aliphatic rings. The van der Waals surface area contributed by atoms with Crippen molar-refractivity contribution in [1.82, 2.24) is 0 Å². The summed E-state index contributed by atoms with van der Waals surface area (Å²) in [5.74, 6) is -1.13. The molecular formula is C26H28IO5S2-. The van der Waals surface area contributed by atoms with E-state index in [2.05, 4.69) is 91.0 Å². The van der Waals surface area contributed by atoms with Crippen LogP contribution in [0.1, 0.15) is 19.3 Å². The van der Waals surface area contributed by atoms with Gasteiger partial charge in [-0.05, 0) is 0 Å². The van der Waals surface area contributed by atoms with Gasteiger partial charge in [0.15, 0.2) is 0 Å². The molecule has 1 N–H and O–H groups in total.